The smallest absolute Gasteiger partial charge is 0.140 e. The summed E-state index contributed by atoms with van der Waals surface area (Å²) in [5.74, 6) is 3.34. The molecule has 0 unspecified atom stereocenters. The molecule has 0 amide bonds. The van der Waals surface area contributed by atoms with Crippen molar-refractivity contribution in [3.05, 3.63) is 0 Å². The minimum atomic E-state index is 0. The van der Waals surface area contributed by atoms with E-state index in [1.165, 1.54) is 0 Å². The van der Waals surface area contributed by atoms with E-state index in [9.17, 15) is 4.79 Å². The molecule has 1 fully saturated rings. The van der Waals surface area contributed by atoms with Crippen LogP contribution in [-0.4, -0.2) is 36.9 Å². The van der Waals surface area contributed by atoms with E-state index in [0.29, 0.717) is 11.7 Å². The quantitative estimate of drug-likeness (QED) is 0.330. The van der Waals surface area contributed by atoms with Crippen molar-refractivity contribution in [3.63, 3.8) is 0 Å². The number of carbonyl (C=O) groups excluding carboxylic acids is 1. The van der Waals surface area contributed by atoms with Gasteiger partial charge in [0, 0.05) is 18.8 Å². The summed E-state index contributed by atoms with van der Waals surface area (Å²) < 4.78 is 0.945. The molecule has 1 rings (SSSR count). The van der Waals surface area contributed by atoms with Gasteiger partial charge in [-0.3, -0.25) is 4.79 Å². The molecule has 0 atom stereocenters. The van der Waals surface area contributed by atoms with Gasteiger partial charge in [0.15, 0.2) is 0 Å². The lowest BCUT2D eigenvalue weighted by Crippen LogP contribution is -3.00. The van der Waals surface area contributed by atoms with Crippen LogP contribution in [0.4, 0.5) is 0 Å². The molecule has 3 heteroatoms. The molecule has 0 bridgehead atoms. The highest BCUT2D eigenvalue weighted by molar-refractivity contribution is 5.78. The average molecular weight is 307 g/mol. The Hall–Kier alpha value is -0.0800. The zero-order chi connectivity index (χ0) is 9.90. The van der Waals surface area contributed by atoms with E-state index in [2.05, 4.69) is 13.0 Å². The predicted molar refractivity (Wildman–Crippen MR) is 53.0 cm³/mol. The fourth-order valence-corrected chi connectivity index (χ4v) is 1.98. The number of rotatable bonds is 2. The molecule has 2 nitrogen and oxygen atoms in total. The Morgan fingerprint density at radius 1 is 1.50 bits per heavy atom. The normalized spacial score (nSPS) is 31.4. The third kappa shape index (κ3) is 3.58. The van der Waals surface area contributed by atoms with Gasteiger partial charge in [-0.05, 0) is 12.8 Å². The molecule has 14 heavy (non-hydrogen) atoms. The van der Waals surface area contributed by atoms with E-state index in [4.69, 9.17) is 6.42 Å². The fraction of sp³-hybridized carbons (Fsp3) is 0.727. The van der Waals surface area contributed by atoms with Crippen LogP contribution in [0.15, 0.2) is 0 Å². The number of quaternary nitrogens is 1. The second-order valence-corrected chi connectivity index (χ2v) is 4.31. The Labute approximate surface area is 104 Å². The number of nitrogens with zero attached hydrogens (tertiary/aromatic N) is 1. The average Bonchev–Trinajstić information content (AvgIpc) is 2.05. The lowest BCUT2D eigenvalue weighted by molar-refractivity contribution is -0.908. The Morgan fingerprint density at radius 3 is 2.36 bits per heavy atom. The highest BCUT2D eigenvalue weighted by atomic mass is 127. The maximum absolute atomic E-state index is 11.1. The fourth-order valence-electron chi connectivity index (χ4n) is 1.98. The van der Waals surface area contributed by atoms with Crippen molar-refractivity contribution < 1.29 is 33.3 Å². The molecule has 80 valence electrons. The van der Waals surface area contributed by atoms with Gasteiger partial charge in [-0.25, -0.2) is 0 Å². The monoisotopic (exact) mass is 307 g/mol. The first-order valence-corrected chi connectivity index (χ1v) is 4.85. The van der Waals surface area contributed by atoms with Crippen molar-refractivity contribution in [2.75, 3.05) is 26.7 Å². The maximum atomic E-state index is 11.1. The second-order valence-electron chi connectivity index (χ2n) is 4.31. The molecular formula is C11H18INO. The molecule has 0 aromatic heterocycles. The van der Waals surface area contributed by atoms with Crippen molar-refractivity contribution in [2.45, 2.75) is 19.8 Å². The summed E-state index contributed by atoms with van der Waals surface area (Å²) in [5, 5.41) is 0. The zero-order valence-electron chi connectivity index (χ0n) is 8.92. The van der Waals surface area contributed by atoms with Gasteiger partial charge in [-0.15, -0.1) is 6.42 Å². The van der Waals surface area contributed by atoms with Crippen LogP contribution in [0.25, 0.3) is 0 Å². The SMILES string of the molecule is C#CC[N+]1(C)CCC(C(C)=O)CC1.[I-]. The Bertz CT molecular complexity index is 236. The van der Waals surface area contributed by atoms with Crippen LogP contribution in [0.2, 0.25) is 0 Å². The molecule has 1 saturated heterocycles. The zero-order valence-corrected chi connectivity index (χ0v) is 11.1. The molecule has 1 aliphatic heterocycles. The number of hydrogen-bond donors (Lipinski definition) is 0. The molecule has 0 aliphatic carbocycles. The second kappa shape index (κ2) is 5.72. The summed E-state index contributed by atoms with van der Waals surface area (Å²) in [6, 6.07) is 0. The third-order valence-corrected chi connectivity index (χ3v) is 3.08. The predicted octanol–water partition coefficient (Wildman–Crippen LogP) is -1.93. The van der Waals surface area contributed by atoms with Crippen LogP contribution in [0, 0.1) is 18.3 Å². The van der Waals surface area contributed by atoms with Crippen LogP contribution in [0.5, 0.6) is 0 Å². The summed E-state index contributed by atoms with van der Waals surface area (Å²) in [6.07, 6.45) is 7.32. The third-order valence-electron chi connectivity index (χ3n) is 3.08. The van der Waals surface area contributed by atoms with Crippen molar-refractivity contribution in [2.24, 2.45) is 5.92 Å². The Morgan fingerprint density at radius 2 is 2.00 bits per heavy atom. The van der Waals surface area contributed by atoms with Gasteiger partial charge in [0.2, 0.25) is 0 Å². The molecule has 0 aromatic rings. The number of Topliss-reactive ketones (excluding diaryl/α,β-unsaturated/α-hetero) is 1. The van der Waals surface area contributed by atoms with Crippen molar-refractivity contribution in [1.29, 1.82) is 0 Å². The minimum Gasteiger partial charge on any atom is -1.00 e. The van der Waals surface area contributed by atoms with E-state index in [0.717, 1.165) is 37.0 Å². The lowest BCUT2D eigenvalue weighted by Gasteiger charge is -2.38. The molecule has 0 saturated carbocycles. The number of hydrogen-bond acceptors (Lipinski definition) is 1. The minimum absolute atomic E-state index is 0. The number of halogens is 1. The first-order chi connectivity index (χ1) is 6.07. The van der Waals surface area contributed by atoms with Crippen LogP contribution in [0.1, 0.15) is 19.8 Å². The molecule has 0 spiro atoms. The highest BCUT2D eigenvalue weighted by Gasteiger charge is 2.30. The maximum Gasteiger partial charge on any atom is 0.140 e. The van der Waals surface area contributed by atoms with Crippen LogP contribution in [0.3, 0.4) is 0 Å². The van der Waals surface area contributed by atoms with Gasteiger partial charge in [0.05, 0.1) is 20.1 Å². The standard InChI is InChI=1S/C11H18NO.HI/c1-4-7-12(3)8-5-11(6-9-12)10(2)13;/h1,11H,5-9H2,2-3H3;1H/q+1;/p-1. The van der Waals surface area contributed by atoms with Gasteiger partial charge in [0.25, 0.3) is 0 Å². The van der Waals surface area contributed by atoms with Gasteiger partial charge >= 0.3 is 0 Å². The van der Waals surface area contributed by atoms with Gasteiger partial charge in [0.1, 0.15) is 12.3 Å². The highest BCUT2D eigenvalue weighted by Crippen LogP contribution is 2.22. The summed E-state index contributed by atoms with van der Waals surface area (Å²) in [4.78, 5) is 11.1. The van der Waals surface area contributed by atoms with E-state index in [1.54, 1.807) is 6.92 Å². The molecule has 1 heterocycles. The first kappa shape index (κ1) is 13.9. The van der Waals surface area contributed by atoms with Gasteiger partial charge in [-0.2, -0.15) is 0 Å². The number of piperidine rings is 1. The van der Waals surface area contributed by atoms with Crippen LogP contribution in [-0.2, 0) is 4.79 Å². The van der Waals surface area contributed by atoms with E-state index < -0.39 is 0 Å². The number of carbonyl (C=O) groups is 1. The van der Waals surface area contributed by atoms with Crippen molar-refractivity contribution >= 4 is 5.78 Å². The first-order valence-electron chi connectivity index (χ1n) is 4.85. The summed E-state index contributed by atoms with van der Waals surface area (Å²) >= 11 is 0. The summed E-state index contributed by atoms with van der Waals surface area (Å²) in [5.41, 5.74) is 0. The molecule has 1 aliphatic rings. The van der Waals surface area contributed by atoms with E-state index in [-0.39, 0.29) is 24.0 Å². The Kier molecular flexibility index (Phi) is 5.68. The topological polar surface area (TPSA) is 17.1 Å². The summed E-state index contributed by atoms with van der Waals surface area (Å²) in [7, 11) is 2.18. The molecule has 0 radical (unpaired) electrons. The Balaban J connectivity index is 0.00000169. The molecule has 0 N–H and O–H groups in total. The number of likely N-dealkylation sites (tertiary alicyclic amines) is 1. The van der Waals surface area contributed by atoms with Crippen molar-refractivity contribution in [3.8, 4) is 12.3 Å². The molecule has 0 aromatic carbocycles. The molecular weight excluding hydrogens is 289 g/mol. The lowest BCUT2D eigenvalue weighted by atomic mass is 9.92. The van der Waals surface area contributed by atoms with Gasteiger partial charge in [-0.1, -0.05) is 0 Å². The van der Waals surface area contributed by atoms with E-state index in [1.807, 2.05) is 0 Å². The van der Waals surface area contributed by atoms with Gasteiger partial charge < -0.3 is 28.5 Å². The number of ketones is 1. The van der Waals surface area contributed by atoms with Crippen LogP contribution >= 0.6 is 0 Å². The van der Waals surface area contributed by atoms with E-state index >= 15 is 0 Å². The van der Waals surface area contributed by atoms with Crippen molar-refractivity contribution in [1.82, 2.24) is 0 Å². The largest absolute Gasteiger partial charge is 1.00 e. The van der Waals surface area contributed by atoms with Crippen LogP contribution < -0.4 is 24.0 Å². The summed E-state index contributed by atoms with van der Waals surface area (Å²) in [6.45, 7) is 4.59. The number of terminal acetylenes is 1.